The van der Waals surface area contributed by atoms with Gasteiger partial charge in [0.15, 0.2) is 0 Å². The Balaban J connectivity index is 2.26. The van der Waals surface area contributed by atoms with Gasteiger partial charge in [0.05, 0.1) is 5.92 Å². The van der Waals surface area contributed by atoms with Crippen molar-refractivity contribution in [3.05, 3.63) is 34.9 Å². The van der Waals surface area contributed by atoms with E-state index in [0.29, 0.717) is 0 Å². The van der Waals surface area contributed by atoms with Gasteiger partial charge in [-0.2, -0.15) is 0 Å². The molecule has 3 unspecified atom stereocenters. The molecule has 1 fully saturated rings. The van der Waals surface area contributed by atoms with E-state index in [2.05, 4.69) is 36.9 Å². The fourth-order valence-corrected chi connectivity index (χ4v) is 2.72. The highest BCUT2D eigenvalue weighted by Crippen LogP contribution is 2.49. The minimum absolute atomic E-state index is 0.168. The predicted molar refractivity (Wildman–Crippen MR) is 71.6 cm³/mol. The second-order valence-corrected chi connectivity index (χ2v) is 5.60. The number of rotatable bonds is 4. The standard InChI is InChI=1S/C15H21NO2/c1-9-5-6-11(7-10(9)2)14(16(3)4)12-8-13(12)15(17)18/h5-7,12-14H,8H2,1-4H3,(H,17,18). The van der Waals surface area contributed by atoms with Crippen LogP contribution in [0.5, 0.6) is 0 Å². The number of hydrogen-bond donors (Lipinski definition) is 1. The molecule has 1 saturated carbocycles. The Labute approximate surface area is 108 Å². The number of nitrogens with zero attached hydrogens (tertiary/aromatic N) is 1. The molecular formula is C15H21NO2. The lowest BCUT2D eigenvalue weighted by atomic mass is 9.96. The number of aliphatic carboxylic acids is 1. The molecule has 3 atom stereocenters. The van der Waals surface area contributed by atoms with Gasteiger partial charge in [0.25, 0.3) is 0 Å². The van der Waals surface area contributed by atoms with E-state index in [0.717, 1.165) is 6.42 Å². The molecule has 1 aromatic rings. The molecule has 0 saturated heterocycles. The van der Waals surface area contributed by atoms with Gasteiger partial charge in [-0.1, -0.05) is 18.2 Å². The maximum atomic E-state index is 11.0. The van der Waals surface area contributed by atoms with Crippen LogP contribution in [0, 0.1) is 25.7 Å². The first-order valence-corrected chi connectivity index (χ1v) is 6.38. The summed E-state index contributed by atoms with van der Waals surface area (Å²) in [6.07, 6.45) is 0.797. The molecule has 98 valence electrons. The summed E-state index contributed by atoms with van der Waals surface area (Å²) < 4.78 is 0. The van der Waals surface area contributed by atoms with Crippen LogP contribution in [0.15, 0.2) is 18.2 Å². The van der Waals surface area contributed by atoms with E-state index in [1.165, 1.54) is 16.7 Å². The summed E-state index contributed by atoms with van der Waals surface area (Å²) in [5, 5.41) is 9.08. The number of hydrogen-bond acceptors (Lipinski definition) is 2. The van der Waals surface area contributed by atoms with Crippen LogP contribution in [-0.4, -0.2) is 30.1 Å². The summed E-state index contributed by atoms with van der Waals surface area (Å²) >= 11 is 0. The lowest BCUT2D eigenvalue weighted by molar-refractivity contribution is -0.139. The average Bonchev–Trinajstić information content (AvgIpc) is 3.03. The average molecular weight is 247 g/mol. The summed E-state index contributed by atoms with van der Waals surface area (Å²) in [7, 11) is 4.05. The number of carboxylic acid groups (broad SMARTS) is 1. The Morgan fingerprint density at radius 1 is 1.33 bits per heavy atom. The molecule has 0 radical (unpaired) electrons. The van der Waals surface area contributed by atoms with E-state index in [1.54, 1.807) is 0 Å². The first kappa shape index (κ1) is 13.1. The Morgan fingerprint density at radius 3 is 2.44 bits per heavy atom. The fraction of sp³-hybridized carbons (Fsp3) is 0.533. The first-order chi connectivity index (χ1) is 8.41. The summed E-state index contributed by atoms with van der Waals surface area (Å²) in [6, 6.07) is 6.66. The third-order valence-electron chi connectivity index (χ3n) is 3.99. The lowest BCUT2D eigenvalue weighted by Crippen LogP contribution is -2.23. The molecule has 18 heavy (non-hydrogen) atoms. The predicted octanol–water partition coefficient (Wildman–Crippen LogP) is 2.63. The summed E-state index contributed by atoms with van der Waals surface area (Å²) in [6.45, 7) is 4.20. The van der Waals surface area contributed by atoms with Gasteiger partial charge < -0.3 is 10.0 Å². The summed E-state index contributed by atoms with van der Waals surface area (Å²) in [4.78, 5) is 13.2. The lowest BCUT2D eigenvalue weighted by Gasteiger charge is -2.25. The van der Waals surface area contributed by atoms with Crippen molar-refractivity contribution in [1.82, 2.24) is 4.90 Å². The molecular weight excluding hydrogens is 226 g/mol. The van der Waals surface area contributed by atoms with E-state index >= 15 is 0 Å². The molecule has 0 aliphatic heterocycles. The van der Waals surface area contributed by atoms with Gasteiger partial charge in [-0.15, -0.1) is 0 Å². The van der Waals surface area contributed by atoms with Gasteiger partial charge in [-0.05, 0) is 57.0 Å². The largest absolute Gasteiger partial charge is 0.481 e. The van der Waals surface area contributed by atoms with Gasteiger partial charge in [0.2, 0.25) is 0 Å². The molecule has 0 spiro atoms. The highest BCUT2D eigenvalue weighted by molar-refractivity contribution is 5.73. The van der Waals surface area contributed by atoms with Gasteiger partial charge in [0.1, 0.15) is 0 Å². The maximum Gasteiger partial charge on any atom is 0.306 e. The molecule has 1 aromatic carbocycles. The zero-order chi connectivity index (χ0) is 13.4. The van der Waals surface area contributed by atoms with Gasteiger partial charge >= 0.3 is 5.97 Å². The molecule has 3 nitrogen and oxygen atoms in total. The number of benzene rings is 1. The maximum absolute atomic E-state index is 11.0. The van der Waals surface area contributed by atoms with E-state index in [-0.39, 0.29) is 17.9 Å². The zero-order valence-corrected chi connectivity index (χ0v) is 11.5. The second-order valence-electron chi connectivity index (χ2n) is 5.60. The minimum atomic E-state index is -0.657. The molecule has 1 aliphatic carbocycles. The second kappa shape index (κ2) is 4.73. The van der Waals surface area contributed by atoms with Crippen LogP contribution in [0.25, 0.3) is 0 Å². The first-order valence-electron chi connectivity index (χ1n) is 6.38. The van der Waals surface area contributed by atoms with E-state index in [1.807, 2.05) is 14.1 Å². The topological polar surface area (TPSA) is 40.5 Å². The molecule has 3 heteroatoms. The van der Waals surface area contributed by atoms with Crippen LogP contribution in [0.2, 0.25) is 0 Å². The van der Waals surface area contributed by atoms with Gasteiger partial charge in [0, 0.05) is 6.04 Å². The third kappa shape index (κ3) is 2.41. The molecule has 0 amide bonds. The van der Waals surface area contributed by atoms with E-state index in [9.17, 15) is 4.79 Å². The van der Waals surface area contributed by atoms with Crippen molar-refractivity contribution in [2.75, 3.05) is 14.1 Å². The Kier molecular flexibility index (Phi) is 3.44. The molecule has 2 rings (SSSR count). The van der Waals surface area contributed by atoms with Crippen molar-refractivity contribution < 1.29 is 9.90 Å². The monoisotopic (exact) mass is 247 g/mol. The zero-order valence-electron chi connectivity index (χ0n) is 11.5. The highest BCUT2D eigenvalue weighted by atomic mass is 16.4. The molecule has 1 aliphatic rings. The van der Waals surface area contributed by atoms with E-state index < -0.39 is 5.97 Å². The summed E-state index contributed by atoms with van der Waals surface area (Å²) in [5.41, 5.74) is 3.78. The van der Waals surface area contributed by atoms with Crippen molar-refractivity contribution in [1.29, 1.82) is 0 Å². The van der Waals surface area contributed by atoms with Crippen LogP contribution in [-0.2, 0) is 4.79 Å². The highest BCUT2D eigenvalue weighted by Gasteiger charge is 2.49. The Bertz CT molecular complexity index is 468. The van der Waals surface area contributed by atoms with Gasteiger partial charge in [-0.25, -0.2) is 0 Å². The van der Waals surface area contributed by atoms with Crippen molar-refractivity contribution in [3.63, 3.8) is 0 Å². The van der Waals surface area contributed by atoms with Crippen LogP contribution in [0.3, 0.4) is 0 Å². The number of carbonyl (C=O) groups is 1. The van der Waals surface area contributed by atoms with Crippen molar-refractivity contribution in [3.8, 4) is 0 Å². The van der Waals surface area contributed by atoms with Crippen LogP contribution in [0.4, 0.5) is 0 Å². The van der Waals surface area contributed by atoms with Crippen LogP contribution in [0.1, 0.15) is 29.2 Å². The molecule has 0 aromatic heterocycles. The fourth-order valence-electron chi connectivity index (χ4n) is 2.72. The Morgan fingerprint density at radius 2 is 2.00 bits per heavy atom. The third-order valence-corrected chi connectivity index (χ3v) is 3.99. The summed E-state index contributed by atoms with van der Waals surface area (Å²) in [5.74, 6) is -0.575. The number of aryl methyl sites for hydroxylation is 2. The Hall–Kier alpha value is -1.35. The van der Waals surface area contributed by atoms with E-state index in [4.69, 9.17) is 5.11 Å². The molecule has 0 heterocycles. The number of carboxylic acids is 1. The van der Waals surface area contributed by atoms with Crippen molar-refractivity contribution in [2.45, 2.75) is 26.3 Å². The van der Waals surface area contributed by atoms with Crippen molar-refractivity contribution >= 4 is 5.97 Å². The SMILES string of the molecule is Cc1ccc(C(C2CC2C(=O)O)N(C)C)cc1C. The van der Waals surface area contributed by atoms with Crippen LogP contribution < -0.4 is 0 Å². The van der Waals surface area contributed by atoms with Crippen LogP contribution >= 0.6 is 0 Å². The normalized spacial score (nSPS) is 24.1. The minimum Gasteiger partial charge on any atom is -0.481 e. The quantitative estimate of drug-likeness (QED) is 0.889. The van der Waals surface area contributed by atoms with Gasteiger partial charge in [-0.3, -0.25) is 4.79 Å². The van der Waals surface area contributed by atoms with Crippen molar-refractivity contribution in [2.24, 2.45) is 11.8 Å². The smallest absolute Gasteiger partial charge is 0.306 e. The molecule has 1 N–H and O–H groups in total. The molecule has 0 bridgehead atoms.